The van der Waals surface area contributed by atoms with Crippen LogP contribution in [0.2, 0.25) is 0 Å². The molecule has 0 saturated heterocycles. The van der Waals surface area contributed by atoms with Gasteiger partial charge in [0.2, 0.25) is 0 Å². The van der Waals surface area contributed by atoms with Crippen LogP contribution >= 0.6 is 24.0 Å². The van der Waals surface area contributed by atoms with E-state index in [1.54, 1.807) is 0 Å². The van der Waals surface area contributed by atoms with Crippen LogP contribution in [0.5, 0.6) is 0 Å². The van der Waals surface area contributed by atoms with Crippen molar-refractivity contribution in [2.24, 2.45) is 10.7 Å². The number of nitrogens with zero attached hydrogens (tertiary/aromatic N) is 1. The van der Waals surface area contributed by atoms with E-state index in [-0.39, 0.29) is 24.0 Å². The number of aliphatic imine (C=N–C) groups is 1. The zero-order valence-corrected chi connectivity index (χ0v) is 15.1. The number of benzene rings is 1. The Morgan fingerprint density at radius 1 is 1.38 bits per heavy atom. The summed E-state index contributed by atoms with van der Waals surface area (Å²) in [5.74, 6) is 0.551. The minimum Gasteiger partial charge on any atom is -0.370 e. The smallest absolute Gasteiger partial charge is 0.188 e. The molecule has 0 aliphatic carbocycles. The quantitative estimate of drug-likeness (QED) is 0.301. The Morgan fingerprint density at radius 2 is 2.19 bits per heavy atom. The molecule has 4 N–H and O–H groups in total. The van der Waals surface area contributed by atoms with E-state index in [1.807, 2.05) is 0 Å². The van der Waals surface area contributed by atoms with Gasteiger partial charge in [-0.25, -0.2) is 0 Å². The molecule has 1 heterocycles. The number of nitrogens with two attached hydrogens (primary N) is 1. The first-order valence-corrected chi connectivity index (χ1v) is 7.31. The lowest BCUT2D eigenvalue weighted by Crippen LogP contribution is -2.33. The topological polar surface area (TPSA) is 66.2 Å². The largest absolute Gasteiger partial charge is 0.370 e. The van der Waals surface area contributed by atoms with Crippen LogP contribution in [0.15, 0.2) is 29.4 Å². The third-order valence-corrected chi connectivity index (χ3v) is 3.49. The summed E-state index contributed by atoms with van der Waals surface area (Å²) in [6.45, 7) is 5.91. The molecule has 21 heavy (non-hydrogen) atoms. The van der Waals surface area contributed by atoms with E-state index in [2.05, 4.69) is 53.5 Å². The summed E-state index contributed by atoms with van der Waals surface area (Å²) in [6, 6.07) is 6.34. The van der Waals surface area contributed by atoms with Crippen molar-refractivity contribution < 1.29 is 0 Å². The Balaban J connectivity index is 0.00000220. The molecule has 5 heteroatoms. The number of unbranched alkanes of at least 4 members (excludes halogenated alkanes) is 1. The monoisotopic (exact) mass is 400 g/mol. The van der Waals surface area contributed by atoms with Gasteiger partial charge >= 0.3 is 0 Å². The van der Waals surface area contributed by atoms with Crippen molar-refractivity contribution in [3.63, 3.8) is 0 Å². The van der Waals surface area contributed by atoms with Gasteiger partial charge in [-0.15, -0.1) is 24.0 Å². The number of hydrogen-bond acceptors (Lipinski definition) is 1. The number of hydrogen-bond donors (Lipinski definition) is 3. The molecule has 0 unspecified atom stereocenters. The molecular formula is C16H25IN4. The van der Waals surface area contributed by atoms with E-state index in [1.165, 1.54) is 22.0 Å². The fraction of sp³-hybridized carbons (Fsp3) is 0.438. The average molecular weight is 400 g/mol. The van der Waals surface area contributed by atoms with Crippen molar-refractivity contribution >= 4 is 40.8 Å². The number of nitrogens with one attached hydrogen (secondary N) is 2. The Morgan fingerprint density at radius 3 is 2.95 bits per heavy atom. The lowest BCUT2D eigenvalue weighted by molar-refractivity contribution is 0.791. The SMILES string of the molecule is CCCCN=C(N)NCCc1c[nH]c2cccc(C)c12.I. The predicted octanol–water partition coefficient (Wildman–Crippen LogP) is 3.34. The molecule has 0 spiro atoms. The fourth-order valence-electron chi connectivity index (χ4n) is 2.39. The minimum atomic E-state index is 0. The minimum absolute atomic E-state index is 0. The van der Waals surface area contributed by atoms with Gasteiger partial charge in [0.15, 0.2) is 5.96 Å². The summed E-state index contributed by atoms with van der Waals surface area (Å²) in [5, 5.41) is 4.51. The zero-order chi connectivity index (χ0) is 14.4. The molecule has 1 aromatic carbocycles. The van der Waals surface area contributed by atoms with Gasteiger partial charge in [0.1, 0.15) is 0 Å². The maximum absolute atomic E-state index is 5.83. The van der Waals surface area contributed by atoms with Crippen LogP contribution < -0.4 is 11.1 Å². The molecule has 4 nitrogen and oxygen atoms in total. The van der Waals surface area contributed by atoms with Gasteiger partial charge in [-0.1, -0.05) is 25.5 Å². The highest BCUT2D eigenvalue weighted by Crippen LogP contribution is 2.22. The van der Waals surface area contributed by atoms with Crippen LogP contribution in [0.4, 0.5) is 0 Å². The summed E-state index contributed by atoms with van der Waals surface area (Å²) >= 11 is 0. The number of guanidine groups is 1. The van der Waals surface area contributed by atoms with Gasteiger partial charge < -0.3 is 16.0 Å². The molecule has 1 aromatic heterocycles. The molecule has 0 fully saturated rings. The standard InChI is InChI=1S/C16H24N4.HI/c1-3-4-9-18-16(17)19-10-8-13-11-20-14-7-5-6-12(2)15(13)14;/h5-7,11,20H,3-4,8-10H2,1-2H3,(H3,17,18,19);1H. The van der Waals surface area contributed by atoms with E-state index >= 15 is 0 Å². The molecule has 0 atom stereocenters. The number of aromatic nitrogens is 1. The van der Waals surface area contributed by atoms with Crippen molar-refractivity contribution in [2.75, 3.05) is 13.1 Å². The van der Waals surface area contributed by atoms with Crippen molar-refractivity contribution in [1.29, 1.82) is 0 Å². The molecule has 0 saturated carbocycles. The number of aryl methyl sites for hydroxylation is 1. The van der Waals surface area contributed by atoms with Crippen LogP contribution in [-0.2, 0) is 6.42 Å². The molecule has 0 aliphatic heterocycles. The molecule has 0 bridgehead atoms. The lowest BCUT2D eigenvalue weighted by Gasteiger charge is -2.06. The van der Waals surface area contributed by atoms with Gasteiger partial charge in [0.25, 0.3) is 0 Å². The van der Waals surface area contributed by atoms with Gasteiger partial charge in [-0.05, 0) is 37.0 Å². The molecular weight excluding hydrogens is 375 g/mol. The second-order valence-corrected chi connectivity index (χ2v) is 5.11. The summed E-state index contributed by atoms with van der Waals surface area (Å²) in [5.41, 5.74) is 9.66. The van der Waals surface area contributed by atoms with Crippen LogP contribution in [-0.4, -0.2) is 24.0 Å². The van der Waals surface area contributed by atoms with Crippen molar-refractivity contribution in [1.82, 2.24) is 10.3 Å². The Labute approximate surface area is 143 Å². The van der Waals surface area contributed by atoms with Gasteiger partial charge in [0, 0.05) is 30.2 Å². The predicted molar refractivity (Wildman–Crippen MR) is 102 cm³/mol. The zero-order valence-electron chi connectivity index (χ0n) is 12.8. The number of halogens is 1. The first-order valence-electron chi connectivity index (χ1n) is 7.31. The highest BCUT2D eigenvalue weighted by Gasteiger charge is 2.05. The maximum atomic E-state index is 5.83. The van der Waals surface area contributed by atoms with Crippen molar-refractivity contribution in [3.8, 4) is 0 Å². The highest BCUT2D eigenvalue weighted by atomic mass is 127. The summed E-state index contributed by atoms with van der Waals surface area (Å²) in [7, 11) is 0. The average Bonchev–Trinajstić information content (AvgIpc) is 2.84. The van der Waals surface area contributed by atoms with Crippen LogP contribution in [0.3, 0.4) is 0 Å². The Kier molecular flexibility index (Phi) is 7.56. The summed E-state index contributed by atoms with van der Waals surface area (Å²) in [6.07, 6.45) is 5.26. The van der Waals surface area contributed by atoms with Gasteiger partial charge in [-0.3, -0.25) is 4.99 Å². The van der Waals surface area contributed by atoms with E-state index in [4.69, 9.17) is 5.73 Å². The third-order valence-electron chi connectivity index (χ3n) is 3.49. The van der Waals surface area contributed by atoms with E-state index in [9.17, 15) is 0 Å². The molecule has 0 aliphatic rings. The van der Waals surface area contributed by atoms with Crippen molar-refractivity contribution in [3.05, 3.63) is 35.5 Å². The van der Waals surface area contributed by atoms with Crippen LogP contribution in [0.1, 0.15) is 30.9 Å². The number of aromatic amines is 1. The van der Waals surface area contributed by atoms with E-state index in [0.29, 0.717) is 5.96 Å². The number of fused-ring (bicyclic) bond motifs is 1. The van der Waals surface area contributed by atoms with E-state index in [0.717, 1.165) is 32.4 Å². The highest BCUT2D eigenvalue weighted by molar-refractivity contribution is 14.0. The second kappa shape index (κ2) is 8.92. The summed E-state index contributed by atoms with van der Waals surface area (Å²) in [4.78, 5) is 7.61. The number of H-pyrrole nitrogens is 1. The Hall–Kier alpha value is -1.24. The molecule has 0 amide bonds. The maximum Gasteiger partial charge on any atom is 0.188 e. The first-order chi connectivity index (χ1) is 9.72. The molecule has 0 radical (unpaired) electrons. The summed E-state index contributed by atoms with van der Waals surface area (Å²) < 4.78 is 0. The molecule has 116 valence electrons. The normalized spacial score (nSPS) is 11.4. The molecule has 2 rings (SSSR count). The third kappa shape index (κ3) is 4.91. The van der Waals surface area contributed by atoms with Crippen molar-refractivity contribution in [2.45, 2.75) is 33.1 Å². The molecule has 2 aromatic rings. The van der Waals surface area contributed by atoms with Crippen LogP contribution in [0, 0.1) is 6.92 Å². The number of rotatable bonds is 6. The van der Waals surface area contributed by atoms with E-state index < -0.39 is 0 Å². The Bertz CT molecular complexity index is 589. The van der Waals surface area contributed by atoms with Gasteiger partial charge in [0.05, 0.1) is 0 Å². The fourth-order valence-corrected chi connectivity index (χ4v) is 2.39. The lowest BCUT2D eigenvalue weighted by atomic mass is 10.1. The second-order valence-electron chi connectivity index (χ2n) is 5.11. The van der Waals surface area contributed by atoms with Gasteiger partial charge in [-0.2, -0.15) is 0 Å². The van der Waals surface area contributed by atoms with Crippen LogP contribution in [0.25, 0.3) is 10.9 Å². The first kappa shape index (κ1) is 17.8.